The summed E-state index contributed by atoms with van der Waals surface area (Å²) in [6.07, 6.45) is -1.09. The number of non-ortho nitro benzene ring substituents is 1. The maximum atomic E-state index is 13.7. The van der Waals surface area contributed by atoms with Crippen LogP contribution in [0.1, 0.15) is 17.2 Å². The maximum Gasteiger partial charge on any atom is 0.269 e. The molecule has 0 aromatic heterocycles. The number of benzene rings is 2. The number of nitrogens with zero attached hydrogens (tertiary/aromatic N) is 1. The van der Waals surface area contributed by atoms with Gasteiger partial charge in [0.05, 0.1) is 23.7 Å². The van der Waals surface area contributed by atoms with E-state index in [9.17, 15) is 24.7 Å². The normalized spacial score (nSPS) is 13.5. The molecule has 2 rings (SSSR count). The zero-order valence-electron chi connectivity index (χ0n) is 12.5. The molecule has 0 fully saturated rings. The summed E-state index contributed by atoms with van der Waals surface area (Å²) in [6, 6.07) is 9.16. The maximum absolute atomic E-state index is 13.7. The van der Waals surface area contributed by atoms with Crippen molar-refractivity contribution in [3.8, 4) is 0 Å². The molecule has 0 saturated heterocycles. The third-order valence-corrected chi connectivity index (χ3v) is 4.08. The molecule has 0 radical (unpaired) electrons. The lowest BCUT2D eigenvalue weighted by Crippen LogP contribution is -2.37. The first-order chi connectivity index (χ1) is 11.4. The molecule has 128 valence electrons. The van der Waals surface area contributed by atoms with Crippen molar-refractivity contribution < 1.29 is 19.5 Å². The molecule has 2 aromatic rings. The molecule has 2 atom stereocenters. The monoisotopic (exact) mass is 398 g/mol. The summed E-state index contributed by atoms with van der Waals surface area (Å²) in [4.78, 5) is 10.1. The van der Waals surface area contributed by atoms with Crippen molar-refractivity contribution >= 4 is 21.6 Å². The van der Waals surface area contributed by atoms with E-state index in [1.807, 2.05) is 0 Å². The van der Waals surface area contributed by atoms with E-state index in [0.717, 1.165) is 4.47 Å². The van der Waals surface area contributed by atoms with E-state index in [0.29, 0.717) is 11.1 Å². The quantitative estimate of drug-likeness (QED) is 0.492. The zero-order chi connectivity index (χ0) is 17.7. The van der Waals surface area contributed by atoms with Crippen LogP contribution in [0.5, 0.6) is 0 Å². The summed E-state index contributed by atoms with van der Waals surface area (Å²) in [5, 5.41) is 33.3. The van der Waals surface area contributed by atoms with Gasteiger partial charge >= 0.3 is 0 Å². The fourth-order valence-electron chi connectivity index (χ4n) is 2.22. The Bertz CT molecular complexity index is 712. The highest BCUT2D eigenvalue weighted by atomic mass is 79.9. The smallest absolute Gasteiger partial charge is 0.269 e. The number of hydrogen-bond donors (Lipinski definition) is 3. The molecule has 3 N–H and O–H groups in total. The second kappa shape index (κ2) is 8.29. The number of rotatable bonds is 7. The van der Waals surface area contributed by atoms with Crippen LogP contribution < -0.4 is 5.32 Å². The van der Waals surface area contributed by atoms with Gasteiger partial charge in [0.2, 0.25) is 0 Å². The van der Waals surface area contributed by atoms with E-state index in [2.05, 4.69) is 21.2 Å². The van der Waals surface area contributed by atoms with Crippen molar-refractivity contribution in [3.05, 3.63) is 74.0 Å². The molecule has 24 heavy (non-hydrogen) atoms. The van der Waals surface area contributed by atoms with Gasteiger partial charge in [0.1, 0.15) is 5.82 Å². The molecule has 6 nitrogen and oxygen atoms in total. The molecule has 0 aliphatic heterocycles. The molecule has 2 aromatic carbocycles. The van der Waals surface area contributed by atoms with Crippen LogP contribution in [0.15, 0.2) is 46.9 Å². The molecular formula is C16H16BrFN2O4. The van der Waals surface area contributed by atoms with E-state index in [1.54, 1.807) is 12.1 Å². The minimum atomic E-state index is -1.09. The van der Waals surface area contributed by atoms with Crippen LogP contribution in [0.25, 0.3) is 0 Å². The first kappa shape index (κ1) is 18.5. The molecule has 0 aliphatic rings. The lowest BCUT2D eigenvalue weighted by atomic mass is 10.0. The van der Waals surface area contributed by atoms with Crippen LogP contribution in [-0.4, -0.2) is 27.8 Å². The first-order valence-electron chi connectivity index (χ1n) is 7.13. The summed E-state index contributed by atoms with van der Waals surface area (Å²) in [5.41, 5.74) is 0.719. The van der Waals surface area contributed by atoms with Crippen molar-refractivity contribution in [2.75, 3.05) is 6.61 Å². The minimum absolute atomic E-state index is 0.0873. The van der Waals surface area contributed by atoms with Gasteiger partial charge in [0.25, 0.3) is 5.69 Å². The second-order valence-corrected chi connectivity index (χ2v) is 6.11. The Hall–Kier alpha value is -1.87. The minimum Gasteiger partial charge on any atom is -0.395 e. The lowest BCUT2D eigenvalue weighted by Gasteiger charge is -2.23. The summed E-state index contributed by atoms with van der Waals surface area (Å²) in [6.45, 7) is -0.270. The third-order valence-electron chi connectivity index (χ3n) is 3.59. The van der Waals surface area contributed by atoms with Gasteiger partial charge in [-0.25, -0.2) is 4.39 Å². The van der Waals surface area contributed by atoms with Crippen molar-refractivity contribution in [2.45, 2.75) is 18.7 Å². The van der Waals surface area contributed by atoms with E-state index >= 15 is 0 Å². The summed E-state index contributed by atoms with van der Waals surface area (Å²) in [5.74, 6) is -0.396. The van der Waals surface area contributed by atoms with Gasteiger partial charge in [0, 0.05) is 28.7 Å². The molecule has 0 amide bonds. The van der Waals surface area contributed by atoms with E-state index in [4.69, 9.17) is 0 Å². The molecule has 0 bridgehead atoms. The van der Waals surface area contributed by atoms with Crippen LogP contribution in [0.2, 0.25) is 0 Å². The molecular weight excluding hydrogens is 383 g/mol. The molecule has 0 aliphatic carbocycles. The molecule has 0 heterocycles. The van der Waals surface area contributed by atoms with Gasteiger partial charge in [-0.1, -0.05) is 15.9 Å². The van der Waals surface area contributed by atoms with Crippen LogP contribution in [0.3, 0.4) is 0 Å². The van der Waals surface area contributed by atoms with Gasteiger partial charge < -0.3 is 15.5 Å². The third kappa shape index (κ3) is 4.57. The Morgan fingerprint density at radius 1 is 1.25 bits per heavy atom. The van der Waals surface area contributed by atoms with E-state index < -0.39 is 22.9 Å². The number of aliphatic hydroxyl groups is 2. The first-order valence-corrected chi connectivity index (χ1v) is 7.92. The van der Waals surface area contributed by atoms with Gasteiger partial charge in [-0.2, -0.15) is 0 Å². The largest absolute Gasteiger partial charge is 0.395 e. The van der Waals surface area contributed by atoms with Crippen molar-refractivity contribution in [1.82, 2.24) is 5.32 Å². The number of nitro groups is 1. The summed E-state index contributed by atoms with van der Waals surface area (Å²) < 4.78 is 14.4. The topological polar surface area (TPSA) is 95.6 Å². The predicted octanol–water partition coefficient (Wildman–Crippen LogP) is 2.68. The Kier molecular flexibility index (Phi) is 6.38. The molecule has 0 saturated carbocycles. The average Bonchev–Trinajstić information content (AvgIpc) is 2.58. The highest BCUT2D eigenvalue weighted by molar-refractivity contribution is 9.10. The molecule has 8 heteroatoms. The Labute approximate surface area is 146 Å². The Morgan fingerprint density at radius 3 is 2.50 bits per heavy atom. The number of aliphatic hydroxyl groups excluding tert-OH is 2. The van der Waals surface area contributed by atoms with E-state index in [-0.39, 0.29) is 18.8 Å². The highest BCUT2D eigenvalue weighted by Crippen LogP contribution is 2.21. The van der Waals surface area contributed by atoms with Crippen LogP contribution in [0.4, 0.5) is 10.1 Å². The standard InChI is InChI=1S/C16H16BrFN2O4/c17-12-3-6-14(18)11(7-12)8-19-15(9-21)16(22)10-1-4-13(5-2-10)20(23)24/h1-7,15-16,19,21-22H,8-9H2/t15-,16-/m0/s1. The molecule has 0 spiro atoms. The SMILES string of the molecule is O=[N+]([O-])c1ccc([C@H](O)[C@H](CO)NCc2cc(Br)ccc2F)cc1. The van der Waals surface area contributed by atoms with Gasteiger partial charge in [0.15, 0.2) is 0 Å². The van der Waals surface area contributed by atoms with Crippen LogP contribution >= 0.6 is 15.9 Å². The Balaban J connectivity index is 2.07. The fraction of sp³-hybridized carbons (Fsp3) is 0.250. The van der Waals surface area contributed by atoms with Crippen molar-refractivity contribution in [1.29, 1.82) is 0 Å². The summed E-state index contributed by atoms with van der Waals surface area (Å²) in [7, 11) is 0. The number of halogens is 2. The lowest BCUT2D eigenvalue weighted by molar-refractivity contribution is -0.384. The Morgan fingerprint density at radius 2 is 1.92 bits per heavy atom. The number of nitro benzene ring substituents is 1. The predicted molar refractivity (Wildman–Crippen MR) is 89.9 cm³/mol. The van der Waals surface area contributed by atoms with Crippen molar-refractivity contribution in [2.24, 2.45) is 0 Å². The van der Waals surface area contributed by atoms with Crippen LogP contribution in [-0.2, 0) is 6.54 Å². The van der Waals surface area contributed by atoms with Gasteiger partial charge in [-0.05, 0) is 35.9 Å². The van der Waals surface area contributed by atoms with E-state index in [1.165, 1.54) is 30.3 Å². The highest BCUT2D eigenvalue weighted by Gasteiger charge is 2.21. The average molecular weight is 399 g/mol. The van der Waals surface area contributed by atoms with Crippen LogP contribution in [0, 0.1) is 15.9 Å². The second-order valence-electron chi connectivity index (χ2n) is 5.20. The van der Waals surface area contributed by atoms with Gasteiger partial charge in [-0.3, -0.25) is 10.1 Å². The zero-order valence-corrected chi connectivity index (χ0v) is 14.1. The molecule has 0 unspecified atom stereocenters. The summed E-state index contributed by atoms with van der Waals surface area (Å²) >= 11 is 3.26. The number of hydrogen-bond acceptors (Lipinski definition) is 5. The van der Waals surface area contributed by atoms with Gasteiger partial charge in [-0.15, -0.1) is 0 Å². The fourth-order valence-corrected chi connectivity index (χ4v) is 2.63. The number of nitrogens with one attached hydrogen (secondary N) is 1. The van der Waals surface area contributed by atoms with Crippen molar-refractivity contribution in [3.63, 3.8) is 0 Å².